The number of rotatable bonds is 9. The molecule has 1 amide bonds. The predicted octanol–water partition coefficient (Wildman–Crippen LogP) is 3.52. The van der Waals surface area contributed by atoms with Gasteiger partial charge in [0.25, 0.3) is 5.91 Å². The predicted molar refractivity (Wildman–Crippen MR) is 153 cm³/mol. The minimum atomic E-state index is -0.324. The Bertz CT molecular complexity index is 1290. The first-order chi connectivity index (χ1) is 19.4. The number of nitrogens with one attached hydrogen (secondary N) is 1. The molecule has 0 radical (unpaired) electrons. The third kappa shape index (κ3) is 6.46. The van der Waals surface area contributed by atoms with E-state index in [1.807, 2.05) is 38.1 Å². The van der Waals surface area contributed by atoms with Crippen LogP contribution in [0.4, 0.5) is 0 Å². The number of carbonyl (C=O) groups is 1. The van der Waals surface area contributed by atoms with Crippen LogP contribution in [0.3, 0.4) is 0 Å². The zero-order valence-corrected chi connectivity index (χ0v) is 23.5. The van der Waals surface area contributed by atoms with Gasteiger partial charge in [0.15, 0.2) is 5.82 Å². The number of phenols is 2. The first kappa shape index (κ1) is 28.1. The number of ether oxygens (including phenoxy) is 1. The SMILES string of the molecule is CC(C)c1cc(-c2nnc(C(=O)NCCN3CCCCC3)n2-c2ccc(CN3CCOCC3)cc2)c(O)cc1O. The van der Waals surface area contributed by atoms with Crippen molar-refractivity contribution in [2.75, 3.05) is 52.5 Å². The van der Waals surface area contributed by atoms with E-state index in [0.717, 1.165) is 58.0 Å². The van der Waals surface area contributed by atoms with Gasteiger partial charge < -0.3 is 25.2 Å². The van der Waals surface area contributed by atoms with Crippen LogP contribution in [0.25, 0.3) is 17.1 Å². The quantitative estimate of drug-likeness (QED) is 0.372. The number of hydrogen-bond donors (Lipinski definition) is 3. The monoisotopic (exact) mass is 548 g/mol. The van der Waals surface area contributed by atoms with Crippen molar-refractivity contribution in [3.05, 3.63) is 53.3 Å². The van der Waals surface area contributed by atoms with Crippen LogP contribution in [0.2, 0.25) is 0 Å². The first-order valence-corrected chi connectivity index (χ1v) is 14.3. The second-order valence-electron chi connectivity index (χ2n) is 11.0. The molecule has 2 saturated heterocycles. The highest BCUT2D eigenvalue weighted by Crippen LogP contribution is 2.38. The molecule has 0 atom stereocenters. The van der Waals surface area contributed by atoms with E-state index in [1.54, 1.807) is 10.6 Å². The molecule has 10 heteroatoms. The molecule has 2 aromatic carbocycles. The summed E-state index contributed by atoms with van der Waals surface area (Å²) in [7, 11) is 0. The van der Waals surface area contributed by atoms with E-state index in [0.29, 0.717) is 29.2 Å². The minimum Gasteiger partial charge on any atom is -0.508 e. The summed E-state index contributed by atoms with van der Waals surface area (Å²) >= 11 is 0. The van der Waals surface area contributed by atoms with Crippen molar-refractivity contribution in [1.82, 2.24) is 29.9 Å². The molecule has 0 spiro atoms. The van der Waals surface area contributed by atoms with E-state index < -0.39 is 0 Å². The molecule has 2 aliphatic heterocycles. The number of nitrogens with zero attached hydrogens (tertiary/aromatic N) is 5. The number of carbonyl (C=O) groups excluding carboxylic acids is 1. The Morgan fingerprint density at radius 3 is 2.38 bits per heavy atom. The zero-order chi connectivity index (χ0) is 28.1. The van der Waals surface area contributed by atoms with Gasteiger partial charge in [0, 0.05) is 44.5 Å². The average Bonchev–Trinajstić information content (AvgIpc) is 3.39. The lowest BCUT2D eigenvalue weighted by molar-refractivity contribution is 0.0342. The summed E-state index contributed by atoms with van der Waals surface area (Å²) in [5, 5.41) is 32.9. The first-order valence-electron chi connectivity index (χ1n) is 14.3. The molecular formula is C30H40N6O4. The highest BCUT2D eigenvalue weighted by Gasteiger charge is 2.25. The molecule has 214 valence electrons. The topological polar surface area (TPSA) is 116 Å². The van der Waals surface area contributed by atoms with Crippen molar-refractivity contribution in [1.29, 1.82) is 0 Å². The van der Waals surface area contributed by atoms with E-state index in [-0.39, 0.29) is 29.1 Å². The standard InChI is InChI=1S/C30H40N6O4/c1-21(2)24-18-25(27(38)19-26(24)37)28-32-33-29(30(39)31-10-13-34-11-4-3-5-12-34)36(28)23-8-6-22(7-9-23)20-35-14-16-40-17-15-35/h6-9,18-19,21,37-38H,3-5,10-17,20H2,1-2H3,(H,31,39). The van der Waals surface area contributed by atoms with Crippen LogP contribution in [0.15, 0.2) is 36.4 Å². The second kappa shape index (κ2) is 12.8. The summed E-state index contributed by atoms with van der Waals surface area (Å²) in [6, 6.07) is 11.0. The lowest BCUT2D eigenvalue weighted by Crippen LogP contribution is -2.38. The highest BCUT2D eigenvalue weighted by molar-refractivity contribution is 5.92. The van der Waals surface area contributed by atoms with Gasteiger partial charge in [0.05, 0.1) is 18.8 Å². The molecule has 0 aliphatic carbocycles. The minimum absolute atomic E-state index is 0.0189. The van der Waals surface area contributed by atoms with Gasteiger partial charge in [-0.15, -0.1) is 10.2 Å². The van der Waals surface area contributed by atoms with Crippen LogP contribution >= 0.6 is 0 Å². The second-order valence-corrected chi connectivity index (χ2v) is 11.0. The fraction of sp³-hybridized carbons (Fsp3) is 0.500. The van der Waals surface area contributed by atoms with Crippen molar-refractivity contribution in [2.24, 2.45) is 0 Å². The van der Waals surface area contributed by atoms with Crippen molar-refractivity contribution < 1.29 is 19.7 Å². The van der Waals surface area contributed by atoms with E-state index in [4.69, 9.17) is 4.74 Å². The maximum atomic E-state index is 13.4. The molecule has 0 unspecified atom stereocenters. The Labute approximate surface area is 235 Å². The normalized spacial score (nSPS) is 16.9. The molecule has 2 fully saturated rings. The molecule has 2 aliphatic rings. The van der Waals surface area contributed by atoms with E-state index in [9.17, 15) is 15.0 Å². The summed E-state index contributed by atoms with van der Waals surface area (Å²) in [5.41, 5.74) is 2.95. The van der Waals surface area contributed by atoms with Crippen LogP contribution < -0.4 is 5.32 Å². The van der Waals surface area contributed by atoms with Crippen LogP contribution in [0.1, 0.15) is 60.8 Å². The Morgan fingerprint density at radius 2 is 1.68 bits per heavy atom. The fourth-order valence-corrected chi connectivity index (χ4v) is 5.44. The molecule has 10 nitrogen and oxygen atoms in total. The van der Waals surface area contributed by atoms with Crippen molar-refractivity contribution in [3.8, 4) is 28.6 Å². The largest absolute Gasteiger partial charge is 0.508 e. The number of piperidine rings is 1. The average molecular weight is 549 g/mol. The van der Waals surface area contributed by atoms with Crippen LogP contribution in [0, 0.1) is 0 Å². The van der Waals surface area contributed by atoms with Gasteiger partial charge in [-0.05, 0) is 61.2 Å². The fourth-order valence-electron chi connectivity index (χ4n) is 5.44. The van der Waals surface area contributed by atoms with E-state index >= 15 is 0 Å². The molecule has 40 heavy (non-hydrogen) atoms. The Kier molecular flexibility index (Phi) is 8.98. The number of hydrogen-bond acceptors (Lipinski definition) is 8. The van der Waals surface area contributed by atoms with Gasteiger partial charge in [-0.3, -0.25) is 14.3 Å². The van der Waals surface area contributed by atoms with Gasteiger partial charge in [0.1, 0.15) is 11.5 Å². The number of amides is 1. The number of aromatic nitrogens is 3. The summed E-state index contributed by atoms with van der Waals surface area (Å²) in [5.74, 6) is 0.0694. The van der Waals surface area contributed by atoms with Crippen LogP contribution in [-0.4, -0.2) is 93.2 Å². The van der Waals surface area contributed by atoms with Gasteiger partial charge in [-0.1, -0.05) is 32.4 Å². The maximum absolute atomic E-state index is 13.4. The highest BCUT2D eigenvalue weighted by atomic mass is 16.5. The Morgan fingerprint density at radius 1 is 0.950 bits per heavy atom. The summed E-state index contributed by atoms with van der Waals surface area (Å²) in [6.07, 6.45) is 3.66. The number of benzene rings is 2. The van der Waals surface area contributed by atoms with E-state index in [1.165, 1.54) is 25.3 Å². The van der Waals surface area contributed by atoms with Crippen molar-refractivity contribution >= 4 is 5.91 Å². The third-order valence-corrected chi connectivity index (χ3v) is 7.74. The Hall–Kier alpha value is -3.47. The summed E-state index contributed by atoms with van der Waals surface area (Å²) in [4.78, 5) is 18.1. The van der Waals surface area contributed by atoms with Gasteiger partial charge in [-0.2, -0.15) is 0 Å². The van der Waals surface area contributed by atoms with E-state index in [2.05, 4.69) is 25.3 Å². The van der Waals surface area contributed by atoms with Crippen LogP contribution in [0.5, 0.6) is 11.5 Å². The van der Waals surface area contributed by atoms with Gasteiger partial charge in [0.2, 0.25) is 5.82 Å². The van der Waals surface area contributed by atoms with Crippen molar-refractivity contribution in [3.63, 3.8) is 0 Å². The maximum Gasteiger partial charge on any atom is 0.289 e. The third-order valence-electron chi connectivity index (χ3n) is 7.74. The smallest absolute Gasteiger partial charge is 0.289 e. The summed E-state index contributed by atoms with van der Waals surface area (Å²) in [6.45, 7) is 11.5. The van der Waals surface area contributed by atoms with Crippen LogP contribution in [-0.2, 0) is 11.3 Å². The summed E-state index contributed by atoms with van der Waals surface area (Å²) < 4.78 is 7.15. The van der Waals surface area contributed by atoms with Gasteiger partial charge in [-0.25, -0.2) is 0 Å². The van der Waals surface area contributed by atoms with Gasteiger partial charge >= 0.3 is 0 Å². The molecule has 3 N–H and O–H groups in total. The molecule has 0 saturated carbocycles. The number of aromatic hydroxyl groups is 2. The molecule has 3 aromatic rings. The molecular weight excluding hydrogens is 508 g/mol. The lowest BCUT2D eigenvalue weighted by Gasteiger charge is -2.26. The molecule has 3 heterocycles. The molecule has 5 rings (SSSR count). The zero-order valence-electron chi connectivity index (χ0n) is 23.5. The number of phenolic OH excluding ortho intramolecular Hbond substituents is 2. The number of likely N-dealkylation sites (tertiary alicyclic amines) is 1. The van der Waals surface area contributed by atoms with Crippen molar-refractivity contribution in [2.45, 2.75) is 45.6 Å². The molecule has 1 aromatic heterocycles. The molecule has 0 bridgehead atoms. The number of morpholine rings is 1. The lowest BCUT2D eigenvalue weighted by atomic mass is 9.98. The Balaban J connectivity index is 1.45.